The molecule has 3 aromatic rings. The van der Waals surface area contributed by atoms with Gasteiger partial charge in [0.1, 0.15) is 5.58 Å². The Labute approximate surface area is 181 Å². The lowest BCUT2D eigenvalue weighted by Gasteiger charge is -2.32. The van der Waals surface area contributed by atoms with E-state index in [9.17, 15) is 9.59 Å². The molecule has 1 aliphatic heterocycles. The number of piperidine rings is 1. The lowest BCUT2D eigenvalue weighted by Crippen LogP contribution is -2.40. The van der Waals surface area contributed by atoms with E-state index < -0.39 is 0 Å². The molecule has 1 saturated heterocycles. The summed E-state index contributed by atoms with van der Waals surface area (Å²) in [7, 11) is 0. The lowest BCUT2D eigenvalue weighted by atomic mass is 9.93. The fourth-order valence-corrected chi connectivity index (χ4v) is 4.19. The van der Waals surface area contributed by atoms with Gasteiger partial charge >= 0.3 is 0 Å². The van der Waals surface area contributed by atoms with E-state index in [1.54, 1.807) is 0 Å². The molecule has 2 amide bonds. The summed E-state index contributed by atoms with van der Waals surface area (Å²) in [4.78, 5) is 27.0. The molecule has 5 nitrogen and oxygen atoms in total. The molecule has 0 spiro atoms. The first-order valence-corrected chi connectivity index (χ1v) is 10.8. The molecule has 1 fully saturated rings. The minimum Gasteiger partial charge on any atom is -0.451 e. The van der Waals surface area contributed by atoms with Crippen molar-refractivity contribution in [1.29, 1.82) is 0 Å². The van der Waals surface area contributed by atoms with E-state index in [1.165, 1.54) is 0 Å². The average Bonchev–Trinajstić information content (AvgIpc) is 3.21. The van der Waals surface area contributed by atoms with Crippen LogP contribution in [0, 0.1) is 5.92 Å². The number of halogens is 1. The Morgan fingerprint density at radius 3 is 2.77 bits per heavy atom. The maximum Gasteiger partial charge on any atom is 0.289 e. The molecule has 1 N–H and O–H groups in total. The van der Waals surface area contributed by atoms with Gasteiger partial charge in [-0.15, -0.1) is 0 Å². The molecule has 6 heteroatoms. The highest BCUT2D eigenvalue weighted by atomic mass is 35.5. The zero-order valence-corrected chi connectivity index (χ0v) is 17.5. The van der Waals surface area contributed by atoms with Crippen LogP contribution in [0.3, 0.4) is 0 Å². The Hall–Kier alpha value is -2.79. The van der Waals surface area contributed by atoms with Crippen molar-refractivity contribution in [2.24, 2.45) is 5.92 Å². The second-order valence-corrected chi connectivity index (χ2v) is 8.22. The van der Waals surface area contributed by atoms with E-state index in [0.717, 1.165) is 42.3 Å². The Kier molecular flexibility index (Phi) is 6.38. The highest BCUT2D eigenvalue weighted by Crippen LogP contribution is 2.25. The molecule has 2 aromatic carbocycles. The highest BCUT2D eigenvalue weighted by molar-refractivity contribution is 6.31. The third kappa shape index (κ3) is 4.85. The van der Waals surface area contributed by atoms with Crippen molar-refractivity contribution in [3.63, 3.8) is 0 Å². The molecule has 0 aliphatic carbocycles. The normalized spacial score (nSPS) is 16.6. The van der Waals surface area contributed by atoms with Crippen molar-refractivity contribution in [1.82, 2.24) is 10.2 Å². The second kappa shape index (κ2) is 9.35. The van der Waals surface area contributed by atoms with E-state index >= 15 is 0 Å². The lowest BCUT2D eigenvalue weighted by molar-refractivity contribution is -0.121. The molecule has 0 saturated carbocycles. The molecule has 4 rings (SSSR count). The number of para-hydroxylation sites is 1. The smallest absolute Gasteiger partial charge is 0.289 e. The molecule has 0 radical (unpaired) electrons. The molecular weight excluding hydrogens is 400 g/mol. The van der Waals surface area contributed by atoms with Gasteiger partial charge in [0.05, 0.1) is 0 Å². The average molecular weight is 425 g/mol. The van der Waals surface area contributed by atoms with Gasteiger partial charge in [0.2, 0.25) is 5.91 Å². The third-order valence-corrected chi connectivity index (χ3v) is 6.02. The Morgan fingerprint density at radius 1 is 1.13 bits per heavy atom. The van der Waals surface area contributed by atoms with Gasteiger partial charge in [-0.05, 0) is 48.9 Å². The molecule has 156 valence electrons. The number of likely N-dealkylation sites (tertiary alicyclic amines) is 1. The van der Waals surface area contributed by atoms with E-state index in [0.29, 0.717) is 36.2 Å². The van der Waals surface area contributed by atoms with Crippen molar-refractivity contribution >= 4 is 34.4 Å². The molecule has 30 heavy (non-hydrogen) atoms. The van der Waals surface area contributed by atoms with Gasteiger partial charge in [-0.25, -0.2) is 0 Å². The standard InChI is InChI=1S/C24H25ClN2O3/c25-20-9-3-1-8-19(20)15-26-23(28)12-11-17-6-5-13-27(16-17)24(29)22-14-18-7-2-4-10-21(18)30-22/h1-4,7-10,14,17H,5-6,11-13,15-16H2,(H,26,28)/t17-/m0/s1. The van der Waals surface area contributed by atoms with Gasteiger partial charge < -0.3 is 14.6 Å². The molecule has 0 unspecified atom stereocenters. The summed E-state index contributed by atoms with van der Waals surface area (Å²) in [6.07, 6.45) is 3.18. The zero-order valence-electron chi connectivity index (χ0n) is 16.8. The molecule has 1 atom stereocenters. The van der Waals surface area contributed by atoms with Gasteiger partial charge in [-0.2, -0.15) is 0 Å². The molecule has 0 bridgehead atoms. The largest absolute Gasteiger partial charge is 0.451 e. The number of amides is 2. The van der Waals surface area contributed by atoms with Crippen molar-refractivity contribution in [2.75, 3.05) is 13.1 Å². The second-order valence-electron chi connectivity index (χ2n) is 7.81. The molecule has 2 heterocycles. The molecule has 1 aliphatic rings. The van der Waals surface area contributed by atoms with Gasteiger partial charge in [0.25, 0.3) is 5.91 Å². The minimum atomic E-state index is -0.0703. The predicted molar refractivity (Wildman–Crippen MR) is 117 cm³/mol. The Morgan fingerprint density at radius 2 is 1.93 bits per heavy atom. The SMILES string of the molecule is O=C(CC[C@@H]1CCCN(C(=O)c2cc3ccccc3o2)C1)NCc1ccccc1Cl. The maximum absolute atomic E-state index is 12.9. The summed E-state index contributed by atoms with van der Waals surface area (Å²) in [6.45, 7) is 1.82. The number of carbonyl (C=O) groups excluding carboxylic acids is 2. The number of carbonyl (C=O) groups is 2. The van der Waals surface area contributed by atoms with Crippen LogP contribution in [0.1, 0.15) is 41.8 Å². The van der Waals surface area contributed by atoms with Crippen LogP contribution >= 0.6 is 11.6 Å². The number of benzene rings is 2. The first kappa shape index (κ1) is 20.5. The van der Waals surface area contributed by atoms with Gasteiger partial charge in [-0.1, -0.05) is 48.0 Å². The summed E-state index contributed by atoms with van der Waals surface area (Å²) >= 11 is 6.13. The topological polar surface area (TPSA) is 62.6 Å². The van der Waals surface area contributed by atoms with Crippen LogP contribution in [0.25, 0.3) is 11.0 Å². The van der Waals surface area contributed by atoms with Crippen molar-refractivity contribution in [3.05, 3.63) is 70.9 Å². The van der Waals surface area contributed by atoms with Crippen LogP contribution in [0.4, 0.5) is 0 Å². The quantitative estimate of drug-likeness (QED) is 0.603. The zero-order chi connectivity index (χ0) is 20.9. The number of hydrogen-bond donors (Lipinski definition) is 1. The van der Waals surface area contributed by atoms with Gasteiger partial charge in [0.15, 0.2) is 5.76 Å². The number of furan rings is 1. The number of hydrogen-bond acceptors (Lipinski definition) is 3. The molecule has 1 aromatic heterocycles. The van der Waals surface area contributed by atoms with Crippen LogP contribution in [-0.4, -0.2) is 29.8 Å². The fraction of sp³-hybridized carbons (Fsp3) is 0.333. The van der Waals surface area contributed by atoms with Gasteiger partial charge in [-0.3, -0.25) is 9.59 Å². The number of nitrogens with one attached hydrogen (secondary N) is 1. The first-order valence-electron chi connectivity index (χ1n) is 10.4. The molecular formula is C24H25ClN2O3. The van der Waals surface area contributed by atoms with Gasteiger partial charge in [0, 0.05) is 36.5 Å². The van der Waals surface area contributed by atoms with E-state index in [-0.39, 0.29) is 11.8 Å². The first-order chi connectivity index (χ1) is 14.6. The minimum absolute atomic E-state index is 0.00986. The Balaban J connectivity index is 1.28. The van der Waals surface area contributed by atoms with E-state index in [4.69, 9.17) is 16.0 Å². The van der Waals surface area contributed by atoms with Crippen LogP contribution in [0.5, 0.6) is 0 Å². The van der Waals surface area contributed by atoms with Crippen LogP contribution < -0.4 is 5.32 Å². The summed E-state index contributed by atoms with van der Waals surface area (Å²) in [5.41, 5.74) is 1.64. The van der Waals surface area contributed by atoms with E-state index in [1.807, 2.05) is 59.5 Å². The number of rotatable bonds is 6. The Bertz CT molecular complexity index is 1010. The van der Waals surface area contributed by atoms with Crippen molar-refractivity contribution in [3.8, 4) is 0 Å². The maximum atomic E-state index is 12.9. The summed E-state index contributed by atoms with van der Waals surface area (Å²) in [6, 6.07) is 16.9. The van der Waals surface area contributed by atoms with Crippen LogP contribution in [0.15, 0.2) is 59.0 Å². The monoisotopic (exact) mass is 424 g/mol. The highest BCUT2D eigenvalue weighted by Gasteiger charge is 2.26. The van der Waals surface area contributed by atoms with E-state index in [2.05, 4.69) is 5.32 Å². The summed E-state index contributed by atoms with van der Waals surface area (Å²) in [5, 5.41) is 4.53. The van der Waals surface area contributed by atoms with Crippen LogP contribution in [0.2, 0.25) is 5.02 Å². The predicted octanol–water partition coefficient (Wildman–Crippen LogP) is 5.04. The number of nitrogens with zero attached hydrogens (tertiary/aromatic N) is 1. The number of fused-ring (bicyclic) bond motifs is 1. The fourth-order valence-electron chi connectivity index (χ4n) is 3.99. The summed E-state index contributed by atoms with van der Waals surface area (Å²) < 4.78 is 5.73. The van der Waals surface area contributed by atoms with Crippen LogP contribution in [-0.2, 0) is 11.3 Å². The summed E-state index contributed by atoms with van der Waals surface area (Å²) in [5.74, 6) is 0.641. The van der Waals surface area contributed by atoms with Crippen molar-refractivity contribution in [2.45, 2.75) is 32.2 Å². The van der Waals surface area contributed by atoms with Crippen molar-refractivity contribution < 1.29 is 14.0 Å². The third-order valence-electron chi connectivity index (χ3n) is 5.66.